The number of thiocarbonyl (C=S) groups is 1. The standard InChI is InChI=1S/C16H19N3S/c1-3-14(13-9-5-4-6-10-13)18-16(20)19-15-11-7-8-12(2)17-15/h4-11,14H,3H2,1-2H3,(H2,17,18,19,20). The zero-order valence-corrected chi connectivity index (χ0v) is 12.6. The van der Waals surface area contributed by atoms with Crippen molar-refractivity contribution in [2.45, 2.75) is 26.3 Å². The van der Waals surface area contributed by atoms with Crippen LogP contribution in [0.4, 0.5) is 5.82 Å². The van der Waals surface area contributed by atoms with Crippen molar-refractivity contribution in [1.82, 2.24) is 10.3 Å². The summed E-state index contributed by atoms with van der Waals surface area (Å²) in [7, 11) is 0. The van der Waals surface area contributed by atoms with E-state index in [-0.39, 0.29) is 6.04 Å². The van der Waals surface area contributed by atoms with Gasteiger partial charge in [-0.25, -0.2) is 4.98 Å². The summed E-state index contributed by atoms with van der Waals surface area (Å²) in [4.78, 5) is 4.38. The second kappa shape index (κ2) is 7.01. The molecule has 0 fully saturated rings. The van der Waals surface area contributed by atoms with Crippen molar-refractivity contribution in [2.24, 2.45) is 0 Å². The Morgan fingerprint density at radius 2 is 1.90 bits per heavy atom. The molecule has 1 aromatic carbocycles. The fourth-order valence-corrected chi connectivity index (χ4v) is 2.28. The second-order valence-electron chi connectivity index (χ2n) is 4.63. The lowest BCUT2D eigenvalue weighted by Gasteiger charge is -2.19. The summed E-state index contributed by atoms with van der Waals surface area (Å²) in [6, 6.07) is 16.3. The molecule has 0 saturated carbocycles. The predicted molar refractivity (Wildman–Crippen MR) is 87.8 cm³/mol. The van der Waals surface area contributed by atoms with Crippen LogP contribution in [0.15, 0.2) is 48.5 Å². The highest BCUT2D eigenvalue weighted by atomic mass is 32.1. The molecule has 2 aromatic rings. The molecule has 0 radical (unpaired) electrons. The van der Waals surface area contributed by atoms with Gasteiger partial charge in [-0.15, -0.1) is 0 Å². The number of pyridine rings is 1. The van der Waals surface area contributed by atoms with E-state index in [9.17, 15) is 0 Å². The maximum atomic E-state index is 5.36. The molecule has 0 aliphatic rings. The van der Waals surface area contributed by atoms with Crippen molar-refractivity contribution in [2.75, 3.05) is 5.32 Å². The topological polar surface area (TPSA) is 37.0 Å². The van der Waals surface area contributed by atoms with Crippen LogP contribution in [0.25, 0.3) is 0 Å². The minimum atomic E-state index is 0.209. The van der Waals surface area contributed by atoms with Gasteiger partial charge < -0.3 is 10.6 Å². The van der Waals surface area contributed by atoms with Crippen LogP contribution in [0, 0.1) is 6.92 Å². The Bertz CT molecular complexity index is 569. The number of rotatable bonds is 4. The average Bonchev–Trinajstić information content (AvgIpc) is 2.45. The van der Waals surface area contributed by atoms with Crippen molar-refractivity contribution in [1.29, 1.82) is 0 Å². The first kappa shape index (κ1) is 14.5. The van der Waals surface area contributed by atoms with Crippen molar-refractivity contribution in [3.05, 3.63) is 59.8 Å². The molecule has 4 heteroatoms. The molecule has 1 atom stereocenters. The molecule has 1 heterocycles. The van der Waals surface area contributed by atoms with Gasteiger partial charge in [-0.3, -0.25) is 0 Å². The van der Waals surface area contributed by atoms with Crippen LogP contribution < -0.4 is 10.6 Å². The Morgan fingerprint density at radius 1 is 1.15 bits per heavy atom. The quantitative estimate of drug-likeness (QED) is 0.837. The third-order valence-electron chi connectivity index (χ3n) is 3.05. The SMILES string of the molecule is CCC(NC(=S)Nc1cccc(C)n1)c1ccccc1. The van der Waals surface area contributed by atoms with E-state index in [1.165, 1.54) is 5.56 Å². The normalized spacial score (nSPS) is 11.7. The van der Waals surface area contributed by atoms with E-state index >= 15 is 0 Å². The lowest BCUT2D eigenvalue weighted by atomic mass is 10.1. The molecule has 0 amide bonds. The minimum absolute atomic E-state index is 0.209. The van der Waals surface area contributed by atoms with Crippen molar-refractivity contribution in [3.63, 3.8) is 0 Å². The molecule has 0 aliphatic heterocycles. The maximum absolute atomic E-state index is 5.36. The van der Waals surface area contributed by atoms with Gasteiger partial charge in [0.05, 0.1) is 6.04 Å². The summed E-state index contributed by atoms with van der Waals surface area (Å²) in [5.74, 6) is 0.769. The molecule has 0 bridgehead atoms. The number of aromatic nitrogens is 1. The first-order chi connectivity index (χ1) is 9.69. The van der Waals surface area contributed by atoms with Crippen LogP contribution in [0.2, 0.25) is 0 Å². The fourth-order valence-electron chi connectivity index (χ4n) is 2.03. The van der Waals surface area contributed by atoms with E-state index in [1.807, 2.05) is 43.3 Å². The van der Waals surface area contributed by atoms with Crippen LogP contribution in [-0.4, -0.2) is 10.1 Å². The number of benzene rings is 1. The molecular formula is C16H19N3S. The Hall–Kier alpha value is -1.94. The monoisotopic (exact) mass is 285 g/mol. The highest BCUT2D eigenvalue weighted by Crippen LogP contribution is 2.16. The number of hydrogen-bond acceptors (Lipinski definition) is 2. The van der Waals surface area contributed by atoms with E-state index in [1.54, 1.807) is 0 Å². The van der Waals surface area contributed by atoms with Crippen LogP contribution in [0.3, 0.4) is 0 Å². The van der Waals surface area contributed by atoms with Gasteiger partial charge in [0.15, 0.2) is 5.11 Å². The third kappa shape index (κ3) is 4.03. The molecule has 1 aromatic heterocycles. The zero-order valence-electron chi connectivity index (χ0n) is 11.8. The summed E-state index contributed by atoms with van der Waals surface area (Å²) < 4.78 is 0. The molecule has 104 valence electrons. The smallest absolute Gasteiger partial charge is 0.172 e. The van der Waals surface area contributed by atoms with Gasteiger partial charge in [-0.1, -0.05) is 43.3 Å². The number of hydrogen-bond donors (Lipinski definition) is 2. The third-order valence-corrected chi connectivity index (χ3v) is 3.27. The van der Waals surface area contributed by atoms with Crippen molar-refractivity contribution in [3.8, 4) is 0 Å². The average molecular weight is 285 g/mol. The fraction of sp³-hybridized carbons (Fsp3) is 0.250. The van der Waals surface area contributed by atoms with E-state index in [0.29, 0.717) is 5.11 Å². The lowest BCUT2D eigenvalue weighted by molar-refractivity contribution is 0.629. The summed E-state index contributed by atoms with van der Waals surface area (Å²) >= 11 is 5.36. The Kier molecular flexibility index (Phi) is 5.07. The van der Waals surface area contributed by atoms with Gasteiger partial charge >= 0.3 is 0 Å². The van der Waals surface area contributed by atoms with Gasteiger partial charge in [0, 0.05) is 5.69 Å². The second-order valence-corrected chi connectivity index (χ2v) is 5.04. The largest absolute Gasteiger partial charge is 0.356 e. The van der Waals surface area contributed by atoms with E-state index in [2.05, 4.69) is 34.7 Å². The molecule has 20 heavy (non-hydrogen) atoms. The van der Waals surface area contributed by atoms with E-state index in [4.69, 9.17) is 12.2 Å². The summed E-state index contributed by atoms with van der Waals surface area (Å²) in [6.45, 7) is 4.10. The molecule has 2 N–H and O–H groups in total. The van der Waals surface area contributed by atoms with Gasteiger partial charge in [-0.05, 0) is 43.3 Å². The van der Waals surface area contributed by atoms with Gasteiger partial charge in [0.25, 0.3) is 0 Å². The number of aryl methyl sites for hydroxylation is 1. The predicted octanol–water partition coefficient (Wildman–Crippen LogP) is 3.83. The summed E-state index contributed by atoms with van der Waals surface area (Å²) in [5.41, 5.74) is 2.20. The molecule has 0 spiro atoms. The van der Waals surface area contributed by atoms with Crippen LogP contribution >= 0.6 is 12.2 Å². The molecule has 1 unspecified atom stereocenters. The molecule has 3 nitrogen and oxygen atoms in total. The van der Waals surface area contributed by atoms with Crippen molar-refractivity contribution < 1.29 is 0 Å². The molecule has 0 aliphatic carbocycles. The molecule has 0 saturated heterocycles. The molecule has 2 rings (SSSR count). The minimum Gasteiger partial charge on any atom is -0.356 e. The van der Waals surface area contributed by atoms with Crippen LogP contribution in [0.1, 0.15) is 30.6 Å². The highest BCUT2D eigenvalue weighted by Gasteiger charge is 2.10. The Morgan fingerprint density at radius 3 is 2.55 bits per heavy atom. The zero-order chi connectivity index (χ0) is 14.4. The number of anilines is 1. The van der Waals surface area contributed by atoms with Crippen LogP contribution in [0.5, 0.6) is 0 Å². The number of nitrogens with one attached hydrogen (secondary N) is 2. The summed E-state index contributed by atoms with van der Waals surface area (Å²) in [5, 5.41) is 7.05. The highest BCUT2D eigenvalue weighted by molar-refractivity contribution is 7.80. The Labute approximate surface area is 125 Å². The Balaban J connectivity index is 2.00. The van der Waals surface area contributed by atoms with E-state index in [0.717, 1.165) is 17.9 Å². The van der Waals surface area contributed by atoms with E-state index < -0.39 is 0 Å². The van der Waals surface area contributed by atoms with Crippen molar-refractivity contribution >= 4 is 23.1 Å². The number of nitrogens with zero attached hydrogens (tertiary/aromatic N) is 1. The molecular weight excluding hydrogens is 266 g/mol. The summed E-state index contributed by atoms with van der Waals surface area (Å²) in [6.07, 6.45) is 0.965. The maximum Gasteiger partial charge on any atom is 0.172 e. The van der Waals surface area contributed by atoms with Gasteiger partial charge in [0.1, 0.15) is 5.82 Å². The van der Waals surface area contributed by atoms with Crippen LogP contribution in [-0.2, 0) is 0 Å². The first-order valence-corrected chi connectivity index (χ1v) is 7.16. The van der Waals surface area contributed by atoms with Gasteiger partial charge in [0.2, 0.25) is 0 Å². The lowest BCUT2D eigenvalue weighted by Crippen LogP contribution is -2.32. The van der Waals surface area contributed by atoms with Gasteiger partial charge in [-0.2, -0.15) is 0 Å². The first-order valence-electron chi connectivity index (χ1n) is 6.75.